The Balaban J connectivity index is 2.00. The lowest BCUT2D eigenvalue weighted by Crippen LogP contribution is -2.33. The molecule has 0 saturated heterocycles. The Hall–Kier alpha value is -2.56. The summed E-state index contributed by atoms with van der Waals surface area (Å²) in [6.07, 6.45) is 0.789. The summed E-state index contributed by atoms with van der Waals surface area (Å²) in [4.78, 5) is 12.2. The van der Waals surface area contributed by atoms with Gasteiger partial charge in [0.2, 0.25) is 0 Å². The van der Waals surface area contributed by atoms with E-state index in [2.05, 4.69) is 19.2 Å². The first-order chi connectivity index (χ1) is 12.0. The van der Waals surface area contributed by atoms with E-state index in [1.54, 1.807) is 19.2 Å². The number of nitrogens with one attached hydrogen (secondary N) is 1. The minimum Gasteiger partial charge on any atom is -0.497 e. The maximum absolute atomic E-state index is 13.5. The van der Waals surface area contributed by atoms with Crippen LogP contribution < -0.4 is 14.8 Å². The fourth-order valence-corrected chi connectivity index (χ4v) is 2.53. The topological polar surface area (TPSA) is 47.6 Å². The van der Waals surface area contributed by atoms with Gasteiger partial charge in [0.25, 0.3) is 5.91 Å². The van der Waals surface area contributed by atoms with Crippen molar-refractivity contribution in [1.82, 2.24) is 5.32 Å². The maximum atomic E-state index is 13.5. The molecule has 1 amide bonds. The Labute approximate surface area is 148 Å². The largest absolute Gasteiger partial charge is 0.497 e. The smallest absolute Gasteiger partial charge is 0.258 e. The average Bonchev–Trinajstić information content (AvgIpc) is 2.60. The molecule has 0 unspecified atom stereocenters. The van der Waals surface area contributed by atoms with Crippen LogP contribution in [0.1, 0.15) is 31.9 Å². The van der Waals surface area contributed by atoms with E-state index >= 15 is 0 Å². The molecule has 0 bridgehead atoms. The third-order valence-electron chi connectivity index (χ3n) is 3.76. The number of amides is 1. The molecule has 5 heteroatoms. The third kappa shape index (κ3) is 5.78. The number of methoxy groups -OCH3 is 1. The number of hydrogen-bond acceptors (Lipinski definition) is 3. The zero-order valence-electron chi connectivity index (χ0n) is 14.8. The highest BCUT2D eigenvalue weighted by Gasteiger charge is 2.17. The van der Waals surface area contributed by atoms with Crippen LogP contribution >= 0.6 is 0 Å². The fraction of sp³-hybridized carbons (Fsp3) is 0.350. The van der Waals surface area contributed by atoms with Crippen molar-refractivity contribution in [2.75, 3.05) is 13.7 Å². The third-order valence-corrected chi connectivity index (χ3v) is 3.76. The highest BCUT2D eigenvalue weighted by molar-refractivity contribution is 5.78. The lowest BCUT2D eigenvalue weighted by atomic mass is 9.97. The van der Waals surface area contributed by atoms with Crippen molar-refractivity contribution in [2.24, 2.45) is 5.92 Å². The van der Waals surface area contributed by atoms with Crippen LogP contribution in [0.4, 0.5) is 4.39 Å². The van der Waals surface area contributed by atoms with Crippen molar-refractivity contribution < 1.29 is 18.7 Å². The molecule has 0 saturated carbocycles. The predicted octanol–water partition coefficient (Wildman–Crippen LogP) is 4.12. The van der Waals surface area contributed by atoms with Gasteiger partial charge in [-0.15, -0.1) is 0 Å². The molecule has 1 N–H and O–H groups in total. The summed E-state index contributed by atoms with van der Waals surface area (Å²) in [5, 5.41) is 2.96. The Morgan fingerprint density at radius 2 is 1.80 bits per heavy atom. The second-order valence-electron chi connectivity index (χ2n) is 6.24. The number of hydrogen-bond donors (Lipinski definition) is 1. The van der Waals surface area contributed by atoms with Crippen LogP contribution in [0.2, 0.25) is 0 Å². The van der Waals surface area contributed by atoms with Crippen LogP contribution in [0.3, 0.4) is 0 Å². The van der Waals surface area contributed by atoms with Crippen LogP contribution in [0.5, 0.6) is 11.5 Å². The molecule has 2 aromatic carbocycles. The van der Waals surface area contributed by atoms with Crippen LogP contribution in [0.25, 0.3) is 0 Å². The molecule has 2 aromatic rings. The standard InChI is InChI=1S/C20H24FNO3/c1-14(2)12-18(15-8-10-16(24-3)11-9-15)22-20(23)13-25-19-7-5-4-6-17(19)21/h4-11,14,18H,12-13H2,1-3H3,(H,22,23)/t18-/m0/s1. The van der Waals surface area contributed by atoms with Gasteiger partial charge in [-0.1, -0.05) is 38.1 Å². The summed E-state index contributed by atoms with van der Waals surface area (Å²) < 4.78 is 24.0. The van der Waals surface area contributed by atoms with E-state index in [0.29, 0.717) is 5.92 Å². The molecule has 25 heavy (non-hydrogen) atoms. The monoisotopic (exact) mass is 345 g/mol. The van der Waals surface area contributed by atoms with Crippen molar-refractivity contribution in [1.29, 1.82) is 0 Å². The molecular formula is C20H24FNO3. The van der Waals surface area contributed by atoms with Gasteiger partial charge in [-0.05, 0) is 42.2 Å². The molecule has 0 aliphatic rings. The van der Waals surface area contributed by atoms with E-state index in [1.807, 2.05) is 24.3 Å². The molecule has 4 nitrogen and oxygen atoms in total. The van der Waals surface area contributed by atoms with E-state index in [9.17, 15) is 9.18 Å². The van der Waals surface area contributed by atoms with Crippen molar-refractivity contribution in [2.45, 2.75) is 26.3 Å². The first-order valence-electron chi connectivity index (χ1n) is 8.30. The van der Waals surface area contributed by atoms with E-state index in [1.165, 1.54) is 12.1 Å². The number of ether oxygens (including phenoxy) is 2. The zero-order chi connectivity index (χ0) is 18.2. The number of benzene rings is 2. The summed E-state index contributed by atoms with van der Waals surface area (Å²) in [7, 11) is 1.61. The molecule has 0 heterocycles. The van der Waals surface area contributed by atoms with Gasteiger partial charge in [0.05, 0.1) is 13.2 Å². The molecule has 0 aromatic heterocycles. The summed E-state index contributed by atoms with van der Waals surface area (Å²) >= 11 is 0. The van der Waals surface area contributed by atoms with Crippen molar-refractivity contribution in [3.8, 4) is 11.5 Å². The quantitative estimate of drug-likeness (QED) is 0.783. The Morgan fingerprint density at radius 1 is 1.12 bits per heavy atom. The number of rotatable bonds is 8. The molecule has 0 aliphatic heterocycles. The molecule has 2 rings (SSSR count). The second kappa shape index (κ2) is 9.06. The second-order valence-corrected chi connectivity index (χ2v) is 6.24. The fourth-order valence-electron chi connectivity index (χ4n) is 2.53. The van der Waals surface area contributed by atoms with Crippen LogP contribution in [0, 0.1) is 11.7 Å². The minimum absolute atomic E-state index is 0.0718. The first kappa shape index (κ1) is 18.8. The van der Waals surface area contributed by atoms with Gasteiger partial charge >= 0.3 is 0 Å². The molecule has 134 valence electrons. The van der Waals surface area contributed by atoms with E-state index in [0.717, 1.165) is 17.7 Å². The van der Waals surface area contributed by atoms with Crippen LogP contribution in [0.15, 0.2) is 48.5 Å². The molecule has 1 atom stereocenters. The van der Waals surface area contributed by atoms with Gasteiger partial charge in [0.15, 0.2) is 18.2 Å². The minimum atomic E-state index is -0.482. The Bertz CT molecular complexity index is 686. The zero-order valence-corrected chi connectivity index (χ0v) is 14.8. The maximum Gasteiger partial charge on any atom is 0.258 e. The van der Waals surface area contributed by atoms with Crippen molar-refractivity contribution in [3.63, 3.8) is 0 Å². The van der Waals surface area contributed by atoms with Gasteiger partial charge in [-0.2, -0.15) is 0 Å². The van der Waals surface area contributed by atoms with Crippen LogP contribution in [-0.2, 0) is 4.79 Å². The highest BCUT2D eigenvalue weighted by Crippen LogP contribution is 2.23. The van der Waals surface area contributed by atoms with E-state index < -0.39 is 5.82 Å². The summed E-state index contributed by atoms with van der Waals surface area (Å²) in [6.45, 7) is 3.96. The molecule has 0 radical (unpaired) electrons. The Morgan fingerprint density at radius 3 is 2.40 bits per heavy atom. The summed E-state index contributed by atoms with van der Waals surface area (Å²) in [5.74, 6) is 0.470. The number of halogens is 1. The number of carbonyl (C=O) groups excluding carboxylic acids is 1. The lowest BCUT2D eigenvalue weighted by Gasteiger charge is -2.21. The lowest BCUT2D eigenvalue weighted by molar-refractivity contribution is -0.124. The van der Waals surface area contributed by atoms with E-state index in [-0.39, 0.29) is 24.3 Å². The molecule has 0 spiro atoms. The number of para-hydroxylation sites is 1. The van der Waals surface area contributed by atoms with Gasteiger partial charge in [0.1, 0.15) is 5.75 Å². The summed E-state index contributed by atoms with van der Waals surface area (Å²) in [5.41, 5.74) is 0.994. The van der Waals surface area contributed by atoms with Gasteiger partial charge in [0, 0.05) is 0 Å². The molecule has 0 fully saturated rings. The summed E-state index contributed by atoms with van der Waals surface area (Å²) in [6, 6.07) is 13.5. The molecular weight excluding hydrogens is 321 g/mol. The first-order valence-corrected chi connectivity index (χ1v) is 8.30. The normalized spacial score (nSPS) is 11.9. The average molecular weight is 345 g/mol. The van der Waals surface area contributed by atoms with Gasteiger partial charge in [-0.3, -0.25) is 4.79 Å². The molecule has 0 aliphatic carbocycles. The number of carbonyl (C=O) groups is 1. The highest BCUT2D eigenvalue weighted by atomic mass is 19.1. The van der Waals surface area contributed by atoms with Crippen molar-refractivity contribution >= 4 is 5.91 Å². The predicted molar refractivity (Wildman–Crippen MR) is 95.2 cm³/mol. The SMILES string of the molecule is COc1ccc([C@H](CC(C)C)NC(=O)COc2ccccc2F)cc1. The van der Waals surface area contributed by atoms with Crippen molar-refractivity contribution in [3.05, 3.63) is 59.9 Å². The van der Waals surface area contributed by atoms with E-state index in [4.69, 9.17) is 9.47 Å². The van der Waals surface area contributed by atoms with Gasteiger partial charge in [-0.25, -0.2) is 4.39 Å². The van der Waals surface area contributed by atoms with Gasteiger partial charge < -0.3 is 14.8 Å². The Kier molecular flexibility index (Phi) is 6.81. The van der Waals surface area contributed by atoms with Crippen LogP contribution in [-0.4, -0.2) is 19.6 Å².